The standard InChI is InChI=1S/C20H16N4O3/c1-12-6-7-16(13(2)9-12)27-19-15(10-14(11-21)18(22)25)20(26)24-8-4-3-5-17(24)23-19/h3-10H,1-2H3,(H2,22,25). The van der Waals surface area contributed by atoms with Crippen molar-refractivity contribution in [3.63, 3.8) is 0 Å². The zero-order valence-electron chi connectivity index (χ0n) is 14.8. The molecular formula is C20H16N4O3. The maximum atomic E-state index is 12.9. The van der Waals surface area contributed by atoms with E-state index in [0.717, 1.165) is 17.2 Å². The Bertz CT molecular complexity index is 1190. The van der Waals surface area contributed by atoms with E-state index >= 15 is 0 Å². The zero-order valence-corrected chi connectivity index (χ0v) is 14.8. The van der Waals surface area contributed by atoms with Crippen molar-refractivity contribution in [3.8, 4) is 17.7 Å². The molecule has 134 valence electrons. The number of nitriles is 1. The van der Waals surface area contributed by atoms with Crippen molar-refractivity contribution in [3.05, 3.63) is 75.2 Å². The third-order valence-electron chi connectivity index (χ3n) is 3.95. The minimum Gasteiger partial charge on any atom is -0.438 e. The highest BCUT2D eigenvalue weighted by Gasteiger charge is 2.16. The van der Waals surface area contributed by atoms with E-state index in [-0.39, 0.29) is 17.0 Å². The Morgan fingerprint density at radius 1 is 1.30 bits per heavy atom. The van der Waals surface area contributed by atoms with E-state index in [4.69, 9.17) is 15.7 Å². The van der Waals surface area contributed by atoms with Gasteiger partial charge in [-0.25, -0.2) is 0 Å². The number of carbonyl (C=O) groups excluding carboxylic acids is 1. The Kier molecular flexibility index (Phi) is 4.73. The Balaban J connectivity index is 2.26. The quantitative estimate of drug-likeness (QED) is 0.568. The van der Waals surface area contributed by atoms with Crippen LogP contribution in [0.5, 0.6) is 11.6 Å². The molecule has 0 saturated heterocycles. The number of nitrogens with two attached hydrogens (primary N) is 1. The average Bonchev–Trinajstić information content (AvgIpc) is 2.63. The Morgan fingerprint density at radius 2 is 2.07 bits per heavy atom. The van der Waals surface area contributed by atoms with Crippen LogP contribution in [0.25, 0.3) is 11.7 Å². The molecule has 3 rings (SSSR count). The molecule has 0 aliphatic heterocycles. The van der Waals surface area contributed by atoms with Crippen molar-refractivity contribution in [2.24, 2.45) is 5.73 Å². The lowest BCUT2D eigenvalue weighted by atomic mass is 10.1. The van der Waals surface area contributed by atoms with Gasteiger partial charge in [0.15, 0.2) is 0 Å². The summed E-state index contributed by atoms with van der Waals surface area (Å²) < 4.78 is 7.18. The number of carbonyl (C=O) groups is 1. The number of fused-ring (bicyclic) bond motifs is 1. The molecule has 7 nitrogen and oxygen atoms in total. The monoisotopic (exact) mass is 360 g/mol. The van der Waals surface area contributed by atoms with Gasteiger partial charge in [0.05, 0.1) is 0 Å². The predicted octanol–water partition coefficient (Wildman–Crippen LogP) is 2.50. The fraction of sp³-hybridized carbons (Fsp3) is 0.100. The van der Waals surface area contributed by atoms with E-state index in [9.17, 15) is 9.59 Å². The molecular weight excluding hydrogens is 344 g/mol. The fourth-order valence-electron chi connectivity index (χ4n) is 2.60. The number of rotatable bonds is 4. The molecule has 0 aliphatic rings. The first-order valence-electron chi connectivity index (χ1n) is 8.09. The highest BCUT2D eigenvalue weighted by molar-refractivity contribution is 6.00. The zero-order chi connectivity index (χ0) is 19.6. The molecule has 0 bridgehead atoms. The fourth-order valence-corrected chi connectivity index (χ4v) is 2.60. The van der Waals surface area contributed by atoms with Crippen molar-refractivity contribution < 1.29 is 9.53 Å². The molecule has 3 aromatic rings. The number of benzene rings is 1. The maximum absolute atomic E-state index is 12.9. The van der Waals surface area contributed by atoms with Crippen molar-refractivity contribution in [1.29, 1.82) is 5.26 Å². The second-order valence-electron chi connectivity index (χ2n) is 5.97. The molecule has 0 aliphatic carbocycles. The van der Waals surface area contributed by atoms with Crippen LogP contribution in [-0.4, -0.2) is 15.3 Å². The van der Waals surface area contributed by atoms with Crippen LogP contribution < -0.4 is 16.0 Å². The van der Waals surface area contributed by atoms with Gasteiger partial charge in [-0.2, -0.15) is 10.2 Å². The van der Waals surface area contributed by atoms with Crippen molar-refractivity contribution in [2.45, 2.75) is 13.8 Å². The van der Waals surface area contributed by atoms with Crippen LogP contribution >= 0.6 is 0 Å². The van der Waals surface area contributed by atoms with Crippen LogP contribution in [0.2, 0.25) is 0 Å². The molecule has 27 heavy (non-hydrogen) atoms. The van der Waals surface area contributed by atoms with Gasteiger partial charge < -0.3 is 10.5 Å². The lowest BCUT2D eigenvalue weighted by molar-refractivity contribution is -0.114. The van der Waals surface area contributed by atoms with Gasteiger partial charge in [0.2, 0.25) is 5.88 Å². The summed E-state index contributed by atoms with van der Waals surface area (Å²) in [5.74, 6) is -0.431. The summed E-state index contributed by atoms with van der Waals surface area (Å²) in [4.78, 5) is 28.7. The van der Waals surface area contributed by atoms with E-state index in [0.29, 0.717) is 11.4 Å². The largest absolute Gasteiger partial charge is 0.438 e. The van der Waals surface area contributed by atoms with E-state index in [1.807, 2.05) is 26.0 Å². The van der Waals surface area contributed by atoms with Crippen LogP contribution in [0, 0.1) is 25.2 Å². The number of primary amides is 1. The van der Waals surface area contributed by atoms with E-state index < -0.39 is 11.5 Å². The maximum Gasteiger partial charge on any atom is 0.269 e. The average molecular weight is 360 g/mol. The highest BCUT2D eigenvalue weighted by atomic mass is 16.5. The van der Waals surface area contributed by atoms with Crippen LogP contribution in [0.3, 0.4) is 0 Å². The van der Waals surface area contributed by atoms with E-state index in [1.54, 1.807) is 36.5 Å². The molecule has 7 heteroatoms. The number of pyridine rings is 1. The van der Waals surface area contributed by atoms with E-state index in [2.05, 4.69) is 4.98 Å². The smallest absolute Gasteiger partial charge is 0.269 e. The second-order valence-corrected chi connectivity index (χ2v) is 5.97. The lowest BCUT2D eigenvalue weighted by Gasteiger charge is -2.12. The summed E-state index contributed by atoms with van der Waals surface area (Å²) in [6.45, 7) is 3.83. The van der Waals surface area contributed by atoms with Gasteiger partial charge in [-0.3, -0.25) is 14.0 Å². The number of aromatic nitrogens is 2. The summed E-state index contributed by atoms with van der Waals surface area (Å²) in [6.07, 6.45) is 2.65. The minimum atomic E-state index is -0.937. The first-order valence-corrected chi connectivity index (χ1v) is 8.09. The molecule has 0 atom stereocenters. The molecule has 1 aromatic carbocycles. The molecule has 2 heterocycles. The molecule has 0 saturated carbocycles. The minimum absolute atomic E-state index is 0.00727. The second kappa shape index (κ2) is 7.14. The van der Waals surface area contributed by atoms with Crippen LogP contribution in [0.1, 0.15) is 16.7 Å². The third-order valence-corrected chi connectivity index (χ3v) is 3.95. The Labute approximate surface area is 155 Å². The number of hydrogen-bond donors (Lipinski definition) is 1. The molecule has 0 radical (unpaired) electrons. The Morgan fingerprint density at radius 3 is 2.74 bits per heavy atom. The normalized spacial score (nSPS) is 11.2. The predicted molar refractivity (Wildman–Crippen MR) is 100 cm³/mol. The summed E-state index contributed by atoms with van der Waals surface area (Å²) >= 11 is 0. The number of amides is 1. The molecule has 0 unspecified atom stereocenters. The van der Waals surface area contributed by atoms with Crippen molar-refractivity contribution in [1.82, 2.24) is 9.38 Å². The summed E-state index contributed by atoms with van der Waals surface area (Å²) in [6, 6.07) is 12.3. The van der Waals surface area contributed by atoms with Crippen LogP contribution in [-0.2, 0) is 4.79 Å². The number of hydrogen-bond acceptors (Lipinski definition) is 5. The number of nitrogens with zero attached hydrogens (tertiary/aromatic N) is 3. The van der Waals surface area contributed by atoms with Crippen molar-refractivity contribution in [2.75, 3.05) is 0 Å². The molecule has 1 amide bonds. The summed E-state index contributed by atoms with van der Waals surface area (Å²) in [7, 11) is 0. The highest BCUT2D eigenvalue weighted by Crippen LogP contribution is 2.27. The number of ether oxygens (including phenoxy) is 1. The summed E-state index contributed by atoms with van der Waals surface area (Å²) in [5, 5.41) is 9.13. The van der Waals surface area contributed by atoms with Gasteiger partial charge in [0.1, 0.15) is 28.6 Å². The van der Waals surface area contributed by atoms with Gasteiger partial charge in [0.25, 0.3) is 11.5 Å². The molecule has 0 spiro atoms. The van der Waals surface area contributed by atoms with Gasteiger partial charge in [-0.15, -0.1) is 0 Å². The summed E-state index contributed by atoms with van der Waals surface area (Å²) in [5.41, 5.74) is 6.62. The van der Waals surface area contributed by atoms with Gasteiger partial charge in [-0.1, -0.05) is 23.8 Å². The van der Waals surface area contributed by atoms with Gasteiger partial charge in [0, 0.05) is 6.20 Å². The van der Waals surface area contributed by atoms with Crippen molar-refractivity contribution >= 4 is 17.6 Å². The van der Waals surface area contributed by atoms with Crippen LogP contribution in [0.15, 0.2) is 53.0 Å². The molecule has 2 aromatic heterocycles. The topological polar surface area (TPSA) is 110 Å². The van der Waals surface area contributed by atoms with Crippen LogP contribution in [0.4, 0.5) is 0 Å². The SMILES string of the molecule is Cc1ccc(Oc2nc3ccccn3c(=O)c2C=C(C#N)C(N)=O)c(C)c1. The van der Waals surface area contributed by atoms with Gasteiger partial charge >= 0.3 is 0 Å². The lowest BCUT2D eigenvalue weighted by Crippen LogP contribution is -2.20. The van der Waals surface area contributed by atoms with E-state index in [1.165, 1.54) is 4.40 Å². The van der Waals surface area contributed by atoms with Gasteiger partial charge in [-0.05, 0) is 43.7 Å². The molecule has 2 N–H and O–H groups in total. The first kappa shape index (κ1) is 17.9. The third kappa shape index (κ3) is 3.55. The Hall–Kier alpha value is -3.92. The first-order chi connectivity index (χ1) is 12.9. The number of aryl methyl sites for hydroxylation is 2. The molecule has 0 fully saturated rings.